The maximum absolute atomic E-state index is 5.73. The van der Waals surface area contributed by atoms with Crippen molar-refractivity contribution in [2.45, 2.75) is 84.3 Å². The predicted molar refractivity (Wildman–Crippen MR) is 79.0 cm³/mol. The SMILES string of the molecule is CCCNC(CCC1CCCO1)CC(C)CCC. The van der Waals surface area contributed by atoms with Crippen molar-refractivity contribution >= 4 is 0 Å². The van der Waals surface area contributed by atoms with Crippen molar-refractivity contribution < 1.29 is 4.74 Å². The third kappa shape index (κ3) is 6.75. The normalized spacial score (nSPS) is 23.2. The molecule has 1 saturated heterocycles. The van der Waals surface area contributed by atoms with Crippen LogP contribution in [0.25, 0.3) is 0 Å². The summed E-state index contributed by atoms with van der Waals surface area (Å²) in [5.74, 6) is 0.855. The molecule has 2 nitrogen and oxygen atoms in total. The highest BCUT2D eigenvalue weighted by atomic mass is 16.5. The van der Waals surface area contributed by atoms with E-state index in [9.17, 15) is 0 Å². The van der Waals surface area contributed by atoms with E-state index >= 15 is 0 Å². The molecule has 0 saturated carbocycles. The molecule has 1 aliphatic rings. The smallest absolute Gasteiger partial charge is 0.0576 e. The first-order chi connectivity index (χ1) is 8.76. The zero-order valence-electron chi connectivity index (χ0n) is 12.7. The van der Waals surface area contributed by atoms with Crippen LogP contribution >= 0.6 is 0 Å². The molecular weight excluding hydrogens is 222 g/mol. The predicted octanol–water partition coefficient (Wildman–Crippen LogP) is 4.14. The fourth-order valence-corrected chi connectivity index (χ4v) is 3.01. The molecule has 108 valence electrons. The number of rotatable bonds is 10. The van der Waals surface area contributed by atoms with Crippen LogP contribution in [0.15, 0.2) is 0 Å². The fourth-order valence-electron chi connectivity index (χ4n) is 3.01. The standard InChI is InChI=1S/C16H33NO/c1-4-7-14(3)13-15(17-11-5-2)9-10-16-8-6-12-18-16/h14-17H,4-13H2,1-3H3. The quantitative estimate of drug-likeness (QED) is 0.633. The second-order valence-corrected chi connectivity index (χ2v) is 5.99. The van der Waals surface area contributed by atoms with Crippen molar-refractivity contribution in [2.75, 3.05) is 13.2 Å². The van der Waals surface area contributed by atoms with E-state index in [-0.39, 0.29) is 0 Å². The van der Waals surface area contributed by atoms with Crippen molar-refractivity contribution in [1.82, 2.24) is 5.32 Å². The molecule has 0 aromatic heterocycles. The van der Waals surface area contributed by atoms with Crippen LogP contribution < -0.4 is 5.32 Å². The van der Waals surface area contributed by atoms with Crippen molar-refractivity contribution in [2.24, 2.45) is 5.92 Å². The Kier molecular flexibility index (Phi) is 8.70. The van der Waals surface area contributed by atoms with Gasteiger partial charge in [-0.05, 0) is 51.0 Å². The van der Waals surface area contributed by atoms with Gasteiger partial charge in [0.05, 0.1) is 6.10 Å². The van der Waals surface area contributed by atoms with Crippen LogP contribution in [-0.2, 0) is 4.74 Å². The summed E-state index contributed by atoms with van der Waals surface area (Å²) < 4.78 is 5.73. The molecule has 0 bridgehead atoms. The molecule has 3 atom stereocenters. The highest BCUT2D eigenvalue weighted by molar-refractivity contribution is 4.74. The third-order valence-corrected chi connectivity index (χ3v) is 4.01. The monoisotopic (exact) mass is 255 g/mol. The lowest BCUT2D eigenvalue weighted by Gasteiger charge is -2.23. The first kappa shape index (κ1) is 16.0. The molecule has 1 heterocycles. The van der Waals surface area contributed by atoms with Gasteiger partial charge in [0.25, 0.3) is 0 Å². The lowest BCUT2D eigenvalue weighted by Crippen LogP contribution is -2.32. The third-order valence-electron chi connectivity index (χ3n) is 4.01. The summed E-state index contributed by atoms with van der Waals surface area (Å²) in [6.45, 7) is 9.09. The van der Waals surface area contributed by atoms with E-state index in [1.54, 1.807) is 0 Å². The van der Waals surface area contributed by atoms with E-state index in [2.05, 4.69) is 26.1 Å². The summed E-state index contributed by atoms with van der Waals surface area (Å²) in [6.07, 6.45) is 10.9. The largest absolute Gasteiger partial charge is 0.378 e. The molecule has 1 fully saturated rings. The minimum Gasteiger partial charge on any atom is -0.378 e. The van der Waals surface area contributed by atoms with Crippen molar-refractivity contribution in [3.8, 4) is 0 Å². The van der Waals surface area contributed by atoms with Gasteiger partial charge in [-0.1, -0.05) is 33.6 Å². The summed E-state index contributed by atoms with van der Waals surface area (Å²) in [7, 11) is 0. The van der Waals surface area contributed by atoms with Gasteiger partial charge in [0.1, 0.15) is 0 Å². The molecule has 1 N–H and O–H groups in total. The average Bonchev–Trinajstić information content (AvgIpc) is 2.86. The molecule has 18 heavy (non-hydrogen) atoms. The first-order valence-electron chi connectivity index (χ1n) is 8.11. The Morgan fingerprint density at radius 1 is 1.22 bits per heavy atom. The molecule has 0 aromatic carbocycles. The summed E-state index contributed by atoms with van der Waals surface area (Å²) in [5.41, 5.74) is 0. The highest BCUT2D eigenvalue weighted by Crippen LogP contribution is 2.21. The Hall–Kier alpha value is -0.0800. The van der Waals surface area contributed by atoms with Crippen LogP contribution in [-0.4, -0.2) is 25.3 Å². The molecule has 2 heteroatoms. The highest BCUT2D eigenvalue weighted by Gasteiger charge is 2.18. The van der Waals surface area contributed by atoms with Gasteiger partial charge in [-0.2, -0.15) is 0 Å². The molecule has 1 aliphatic heterocycles. The Labute approximate surface area is 114 Å². The molecule has 3 unspecified atom stereocenters. The average molecular weight is 255 g/mol. The van der Waals surface area contributed by atoms with Gasteiger partial charge in [0, 0.05) is 12.6 Å². The first-order valence-corrected chi connectivity index (χ1v) is 8.11. The Morgan fingerprint density at radius 3 is 2.67 bits per heavy atom. The second-order valence-electron chi connectivity index (χ2n) is 5.99. The van der Waals surface area contributed by atoms with Crippen LogP contribution in [0.1, 0.15) is 72.1 Å². The topological polar surface area (TPSA) is 21.3 Å². The van der Waals surface area contributed by atoms with E-state index in [1.165, 1.54) is 51.4 Å². The van der Waals surface area contributed by atoms with Crippen LogP contribution in [0, 0.1) is 5.92 Å². The molecular formula is C16H33NO. The van der Waals surface area contributed by atoms with E-state index in [1.807, 2.05) is 0 Å². The molecule has 0 amide bonds. The van der Waals surface area contributed by atoms with Gasteiger partial charge in [-0.25, -0.2) is 0 Å². The summed E-state index contributed by atoms with van der Waals surface area (Å²) in [5, 5.41) is 3.73. The lowest BCUT2D eigenvalue weighted by atomic mass is 9.93. The van der Waals surface area contributed by atoms with Gasteiger partial charge < -0.3 is 10.1 Å². The Bertz CT molecular complexity index is 190. The summed E-state index contributed by atoms with van der Waals surface area (Å²) >= 11 is 0. The fraction of sp³-hybridized carbons (Fsp3) is 1.00. The molecule has 0 radical (unpaired) electrons. The van der Waals surface area contributed by atoms with Gasteiger partial charge in [0.2, 0.25) is 0 Å². The van der Waals surface area contributed by atoms with Crippen LogP contribution in [0.4, 0.5) is 0 Å². The zero-order valence-corrected chi connectivity index (χ0v) is 12.7. The second kappa shape index (κ2) is 9.80. The van der Waals surface area contributed by atoms with Gasteiger partial charge in [0.15, 0.2) is 0 Å². The van der Waals surface area contributed by atoms with E-state index in [0.29, 0.717) is 12.1 Å². The molecule has 0 spiro atoms. The minimum atomic E-state index is 0.553. The Morgan fingerprint density at radius 2 is 2.06 bits per heavy atom. The van der Waals surface area contributed by atoms with Crippen LogP contribution in [0.5, 0.6) is 0 Å². The van der Waals surface area contributed by atoms with Gasteiger partial charge in [-0.15, -0.1) is 0 Å². The minimum absolute atomic E-state index is 0.553. The van der Waals surface area contributed by atoms with Crippen molar-refractivity contribution in [3.05, 3.63) is 0 Å². The summed E-state index contributed by atoms with van der Waals surface area (Å²) in [6, 6.07) is 0.704. The molecule has 0 aliphatic carbocycles. The maximum atomic E-state index is 5.73. The number of hydrogen-bond acceptors (Lipinski definition) is 2. The van der Waals surface area contributed by atoms with E-state index in [4.69, 9.17) is 4.74 Å². The summed E-state index contributed by atoms with van der Waals surface area (Å²) in [4.78, 5) is 0. The van der Waals surface area contributed by atoms with Gasteiger partial charge >= 0.3 is 0 Å². The zero-order chi connectivity index (χ0) is 13.2. The number of ether oxygens (including phenoxy) is 1. The maximum Gasteiger partial charge on any atom is 0.0576 e. The lowest BCUT2D eigenvalue weighted by molar-refractivity contribution is 0.0986. The molecule has 1 rings (SSSR count). The Balaban J connectivity index is 2.24. The number of hydrogen-bond donors (Lipinski definition) is 1. The van der Waals surface area contributed by atoms with E-state index < -0.39 is 0 Å². The van der Waals surface area contributed by atoms with Gasteiger partial charge in [-0.3, -0.25) is 0 Å². The number of nitrogens with one attached hydrogen (secondary N) is 1. The molecule has 0 aromatic rings. The van der Waals surface area contributed by atoms with Crippen molar-refractivity contribution in [1.29, 1.82) is 0 Å². The van der Waals surface area contributed by atoms with E-state index in [0.717, 1.165) is 19.1 Å². The van der Waals surface area contributed by atoms with Crippen LogP contribution in [0.2, 0.25) is 0 Å². The van der Waals surface area contributed by atoms with Crippen molar-refractivity contribution in [3.63, 3.8) is 0 Å². The van der Waals surface area contributed by atoms with Crippen LogP contribution in [0.3, 0.4) is 0 Å².